The van der Waals surface area contributed by atoms with Crippen LogP contribution in [0, 0.1) is 13.8 Å². The number of nitrogen functional groups attached to an aromatic ring is 1. The first-order chi connectivity index (χ1) is 9.09. The van der Waals surface area contributed by atoms with Gasteiger partial charge in [0.25, 0.3) is 5.91 Å². The van der Waals surface area contributed by atoms with E-state index in [1.54, 1.807) is 6.92 Å². The van der Waals surface area contributed by atoms with E-state index in [1.165, 1.54) is 11.1 Å². The van der Waals surface area contributed by atoms with Crippen LogP contribution in [0.1, 0.15) is 27.3 Å². The Bertz CT molecular complexity index is 589. The summed E-state index contributed by atoms with van der Waals surface area (Å²) in [5.41, 5.74) is 9.60. The number of aryl methyl sites for hydroxylation is 2. The number of aromatic amines is 1. The molecule has 1 aromatic heterocycles. The lowest BCUT2D eigenvalue weighted by atomic mass is 10.1. The molecule has 0 saturated heterocycles. The smallest absolute Gasteiger partial charge is 0.273 e. The number of aromatic nitrogens is 2. The molecule has 0 radical (unpaired) electrons. The van der Waals surface area contributed by atoms with E-state index < -0.39 is 0 Å². The molecule has 0 aliphatic heterocycles. The highest BCUT2D eigenvalue weighted by Crippen LogP contribution is 2.12. The van der Waals surface area contributed by atoms with E-state index in [4.69, 9.17) is 5.73 Å². The zero-order valence-electron chi connectivity index (χ0n) is 11.2. The zero-order valence-corrected chi connectivity index (χ0v) is 11.2. The van der Waals surface area contributed by atoms with E-state index in [2.05, 4.69) is 34.6 Å². The molecule has 4 N–H and O–H groups in total. The third-order valence-corrected chi connectivity index (χ3v) is 3.15. The van der Waals surface area contributed by atoms with Gasteiger partial charge in [0.05, 0.1) is 11.4 Å². The average Bonchev–Trinajstić information content (AvgIpc) is 2.72. The lowest BCUT2D eigenvalue weighted by molar-refractivity contribution is 0.0950. The van der Waals surface area contributed by atoms with Crippen LogP contribution < -0.4 is 11.1 Å². The van der Waals surface area contributed by atoms with Gasteiger partial charge in [-0.15, -0.1) is 0 Å². The number of nitrogens with zero attached hydrogens (tertiary/aromatic N) is 1. The molecule has 0 bridgehead atoms. The number of hydrogen-bond acceptors (Lipinski definition) is 3. The molecule has 0 aliphatic carbocycles. The Hall–Kier alpha value is -2.30. The summed E-state index contributed by atoms with van der Waals surface area (Å²) < 4.78 is 0. The summed E-state index contributed by atoms with van der Waals surface area (Å²) in [5.74, 6) is -0.240. The van der Waals surface area contributed by atoms with Crippen molar-refractivity contribution in [2.75, 3.05) is 12.3 Å². The molecular weight excluding hydrogens is 240 g/mol. The maximum Gasteiger partial charge on any atom is 0.273 e. The molecule has 2 rings (SSSR count). The molecule has 2 aromatic rings. The third kappa shape index (κ3) is 2.93. The number of nitrogens with one attached hydrogen (secondary N) is 2. The van der Waals surface area contributed by atoms with Crippen LogP contribution in [0.4, 0.5) is 5.69 Å². The molecule has 0 aliphatic rings. The molecule has 19 heavy (non-hydrogen) atoms. The number of hydrogen-bond donors (Lipinski definition) is 3. The van der Waals surface area contributed by atoms with Gasteiger partial charge in [-0.1, -0.05) is 24.3 Å². The Kier molecular flexibility index (Phi) is 3.85. The van der Waals surface area contributed by atoms with Gasteiger partial charge in [-0.3, -0.25) is 9.89 Å². The standard InChI is InChI=1S/C14H18N4O/c1-9-5-3-4-6-11(9)7-8-16-14(19)13-12(15)10(2)17-18-13/h3-6H,7-8,15H2,1-2H3,(H,16,19)(H,17,18). The first-order valence-corrected chi connectivity index (χ1v) is 6.22. The van der Waals surface area contributed by atoms with E-state index in [0.29, 0.717) is 17.9 Å². The second-order valence-electron chi connectivity index (χ2n) is 4.54. The predicted octanol–water partition coefficient (Wildman–Crippen LogP) is 1.58. The van der Waals surface area contributed by atoms with Gasteiger partial charge in [0.15, 0.2) is 5.69 Å². The third-order valence-electron chi connectivity index (χ3n) is 3.15. The molecule has 0 unspecified atom stereocenters. The van der Waals surface area contributed by atoms with E-state index in [1.807, 2.05) is 12.1 Å². The first kappa shape index (κ1) is 13.1. The molecule has 0 saturated carbocycles. The number of H-pyrrole nitrogens is 1. The fraction of sp³-hybridized carbons (Fsp3) is 0.286. The van der Waals surface area contributed by atoms with Crippen molar-refractivity contribution in [3.8, 4) is 0 Å². The minimum absolute atomic E-state index is 0.240. The van der Waals surface area contributed by atoms with Crippen LogP contribution >= 0.6 is 0 Å². The number of carbonyl (C=O) groups excluding carboxylic acids is 1. The SMILES string of the molecule is Cc1ccccc1CCNC(=O)c1n[nH]c(C)c1N. The Morgan fingerprint density at radius 1 is 1.37 bits per heavy atom. The monoisotopic (exact) mass is 258 g/mol. The van der Waals surface area contributed by atoms with Crippen LogP contribution in [0.2, 0.25) is 0 Å². The lowest BCUT2D eigenvalue weighted by Crippen LogP contribution is -2.26. The van der Waals surface area contributed by atoms with Gasteiger partial charge in [-0.25, -0.2) is 0 Å². The summed E-state index contributed by atoms with van der Waals surface area (Å²) in [6.45, 7) is 4.41. The molecule has 1 heterocycles. The number of anilines is 1. The van der Waals surface area contributed by atoms with Crippen molar-refractivity contribution < 1.29 is 4.79 Å². The molecule has 5 nitrogen and oxygen atoms in total. The van der Waals surface area contributed by atoms with Crippen LogP contribution in [-0.2, 0) is 6.42 Å². The molecule has 100 valence electrons. The van der Waals surface area contributed by atoms with Crippen molar-refractivity contribution in [3.63, 3.8) is 0 Å². The Labute approximate surface area is 112 Å². The van der Waals surface area contributed by atoms with E-state index in [0.717, 1.165) is 6.42 Å². The van der Waals surface area contributed by atoms with E-state index in [9.17, 15) is 4.79 Å². The van der Waals surface area contributed by atoms with Gasteiger partial charge in [0.2, 0.25) is 0 Å². The van der Waals surface area contributed by atoms with Crippen molar-refractivity contribution >= 4 is 11.6 Å². The largest absolute Gasteiger partial charge is 0.395 e. The van der Waals surface area contributed by atoms with Crippen molar-refractivity contribution in [2.24, 2.45) is 0 Å². The number of benzene rings is 1. The topological polar surface area (TPSA) is 83.8 Å². The number of amides is 1. The predicted molar refractivity (Wildman–Crippen MR) is 75.0 cm³/mol. The van der Waals surface area contributed by atoms with Gasteiger partial charge >= 0.3 is 0 Å². The Balaban J connectivity index is 1.91. The fourth-order valence-corrected chi connectivity index (χ4v) is 1.90. The highest BCUT2D eigenvalue weighted by atomic mass is 16.1. The second-order valence-corrected chi connectivity index (χ2v) is 4.54. The molecule has 1 amide bonds. The Morgan fingerprint density at radius 3 is 2.74 bits per heavy atom. The highest BCUT2D eigenvalue weighted by molar-refractivity contribution is 5.97. The summed E-state index contributed by atoms with van der Waals surface area (Å²) in [6.07, 6.45) is 0.793. The van der Waals surface area contributed by atoms with Crippen LogP contribution in [0.3, 0.4) is 0 Å². The maximum atomic E-state index is 11.9. The summed E-state index contributed by atoms with van der Waals surface area (Å²) in [7, 11) is 0. The zero-order chi connectivity index (χ0) is 13.8. The summed E-state index contributed by atoms with van der Waals surface area (Å²) in [4.78, 5) is 11.9. The van der Waals surface area contributed by atoms with Gasteiger partial charge in [-0.2, -0.15) is 5.10 Å². The second kappa shape index (κ2) is 5.56. The van der Waals surface area contributed by atoms with Crippen molar-refractivity contribution in [2.45, 2.75) is 20.3 Å². The normalized spacial score (nSPS) is 10.4. The van der Waals surface area contributed by atoms with Crippen LogP contribution in [0.5, 0.6) is 0 Å². The molecule has 5 heteroatoms. The maximum absolute atomic E-state index is 11.9. The Morgan fingerprint density at radius 2 is 2.11 bits per heavy atom. The molecular formula is C14H18N4O. The summed E-state index contributed by atoms with van der Waals surface area (Å²) in [5, 5.41) is 9.42. The first-order valence-electron chi connectivity index (χ1n) is 6.22. The minimum atomic E-state index is -0.240. The quantitative estimate of drug-likeness (QED) is 0.778. The highest BCUT2D eigenvalue weighted by Gasteiger charge is 2.14. The summed E-state index contributed by atoms with van der Waals surface area (Å²) >= 11 is 0. The van der Waals surface area contributed by atoms with Crippen molar-refractivity contribution in [1.82, 2.24) is 15.5 Å². The minimum Gasteiger partial charge on any atom is -0.395 e. The van der Waals surface area contributed by atoms with Gasteiger partial charge < -0.3 is 11.1 Å². The molecule has 1 aromatic carbocycles. The molecule has 0 atom stereocenters. The average molecular weight is 258 g/mol. The van der Waals surface area contributed by atoms with Crippen molar-refractivity contribution in [1.29, 1.82) is 0 Å². The lowest BCUT2D eigenvalue weighted by Gasteiger charge is -2.06. The van der Waals surface area contributed by atoms with Crippen molar-refractivity contribution in [3.05, 3.63) is 46.8 Å². The van der Waals surface area contributed by atoms with E-state index in [-0.39, 0.29) is 11.6 Å². The fourth-order valence-electron chi connectivity index (χ4n) is 1.90. The van der Waals surface area contributed by atoms with Gasteiger partial charge in [0.1, 0.15) is 0 Å². The van der Waals surface area contributed by atoms with Crippen LogP contribution in [-0.4, -0.2) is 22.6 Å². The van der Waals surface area contributed by atoms with Crippen LogP contribution in [0.25, 0.3) is 0 Å². The van der Waals surface area contributed by atoms with E-state index >= 15 is 0 Å². The van der Waals surface area contributed by atoms with Gasteiger partial charge in [-0.05, 0) is 31.4 Å². The number of carbonyl (C=O) groups is 1. The van der Waals surface area contributed by atoms with Crippen LogP contribution in [0.15, 0.2) is 24.3 Å². The van der Waals surface area contributed by atoms with Gasteiger partial charge in [0, 0.05) is 6.54 Å². The summed E-state index contributed by atoms with van der Waals surface area (Å²) in [6, 6.07) is 8.13. The molecule has 0 fully saturated rings. The number of nitrogens with two attached hydrogens (primary N) is 1. The number of rotatable bonds is 4. The molecule has 0 spiro atoms.